The normalized spacial score (nSPS) is 15.1. The fourth-order valence-corrected chi connectivity index (χ4v) is 7.28. The van der Waals surface area contributed by atoms with Crippen LogP contribution in [-0.4, -0.2) is 21.4 Å². The van der Waals surface area contributed by atoms with Crippen LogP contribution in [0.3, 0.4) is 0 Å². The van der Waals surface area contributed by atoms with Crippen molar-refractivity contribution in [1.29, 1.82) is 0 Å². The molecule has 0 fully saturated rings. The summed E-state index contributed by atoms with van der Waals surface area (Å²) in [6.07, 6.45) is 0. The minimum Gasteiger partial charge on any atom is -0.544 e. The summed E-state index contributed by atoms with van der Waals surface area (Å²) in [6, 6.07) is 18.1. The molecule has 2 rings (SSSR count). The average molecular weight is 345 g/mol. The lowest BCUT2D eigenvalue weighted by atomic mass is 10.2. The van der Waals surface area contributed by atoms with Crippen LogP contribution in [0.5, 0.6) is 5.75 Å². The highest BCUT2D eigenvalue weighted by Crippen LogP contribution is 2.35. The maximum absolute atomic E-state index is 11.9. The molecule has 124 valence electrons. The van der Waals surface area contributed by atoms with Gasteiger partial charge in [0.15, 0.2) is 0 Å². The van der Waals surface area contributed by atoms with Crippen LogP contribution in [0.4, 0.5) is 0 Å². The fraction of sp³-hybridized carbons (Fsp3) is 0.368. The van der Waals surface area contributed by atoms with Crippen molar-refractivity contribution in [1.82, 2.24) is 0 Å². The van der Waals surface area contributed by atoms with E-state index in [1.54, 1.807) is 0 Å². The Balaban J connectivity index is 2.68. The highest BCUT2D eigenvalue weighted by molar-refractivity contribution is 6.99. The Morgan fingerprint density at radius 3 is 1.87 bits per heavy atom. The molecule has 0 aliphatic carbocycles. The van der Waals surface area contributed by atoms with Crippen LogP contribution >= 0.6 is 0 Å². The van der Waals surface area contributed by atoms with E-state index in [1.807, 2.05) is 54.6 Å². The van der Waals surface area contributed by atoms with Gasteiger partial charge in [-0.25, -0.2) is 0 Å². The minimum atomic E-state index is -2.95. The predicted octanol–water partition coefficient (Wildman–Crippen LogP) is 3.75. The zero-order chi connectivity index (χ0) is 17.3. The van der Waals surface area contributed by atoms with Gasteiger partial charge in [0.05, 0.1) is 0 Å². The Kier molecular flexibility index (Phi) is 4.90. The van der Waals surface area contributed by atoms with E-state index in [-0.39, 0.29) is 5.04 Å². The van der Waals surface area contributed by atoms with Crippen LogP contribution < -0.4 is 14.8 Å². The SMILES string of the molecule is CC(C)(C)[Si](O)(c1ccccc1)c1ccccc1O[Si](C)(C)C. The van der Waals surface area contributed by atoms with Gasteiger partial charge in [-0.3, -0.25) is 0 Å². The van der Waals surface area contributed by atoms with Crippen molar-refractivity contribution in [3.63, 3.8) is 0 Å². The van der Waals surface area contributed by atoms with E-state index < -0.39 is 16.6 Å². The van der Waals surface area contributed by atoms with Crippen molar-refractivity contribution in [2.75, 3.05) is 0 Å². The molecule has 1 unspecified atom stereocenters. The lowest BCUT2D eigenvalue weighted by Gasteiger charge is -2.40. The summed E-state index contributed by atoms with van der Waals surface area (Å²) < 4.78 is 6.31. The van der Waals surface area contributed by atoms with E-state index in [4.69, 9.17) is 4.43 Å². The van der Waals surface area contributed by atoms with Gasteiger partial charge in [-0.1, -0.05) is 69.3 Å². The molecule has 1 atom stereocenters. The van der Waals surface area contributed by atoms with Crippen molar-refractivity contribution >= 4 is 27.0 Å². The van der Waals surface area contributed by atoms with Gasteiger partial charge in [-0.05, 0) is 35.9 Å². The largest absolute Gasteiger partial charge is 0.544 e. The Morgan fingerprint density at radius 2 is 1.35 bits per heavy atom. The molecule has 0 bridgehead atoms. The zero-order valence-electron chi connectivity index (χ0n) is 15.1. The molecule has 0 radical (unpaired) electrons. The van der Waals surface area contributed by atoms with Crippen molar-refractivity contribution in [3.05, 3.63) is 54.6 Å². The molecule has 23 heavy (non-hydrogen) atoms. The fourth-order valence-electron chi connectivity index (χ4n) is 2.86. The van der Waals surface area contributed by atoms with Crippen molar-refractivity contribution < 1.29 is 9.22 Å². The second kappa shape index (κ2) is 6.26. The van der Waals surface area contributed by atoms with E-state index in [0.717, 1.165) is 16.1 Å². The average Bonchev–Trinajstić information content (AvgIpc) is 2.45. The monoisotopic (exact) mass is 344 g/mol. The predicted molar refractivity (Wildman–Crippen MR) is 104 cm³/mol. The second-order valence-electron chi connectivity index (χ2n) is 8.04. The summed E-state index contributed by atoms with van der Waals surface area (Å²) in [5.74, 6) is 0.847. The standard InChI is InChI=1S/C19H28O2Si2/c1-19(2,3)23(20,16-12-8-7-9-13-16)18-15-11-10-14-17(18)21-22(4,5)6/h7-15,20H,1-6H3. The first kappa shape index (κ1) is 18.0. The van der Waals surface area contributed by atoms with E-state index in [0.29, 0.717) is 0 Å². The Bertz CT molecular complexity index is 657. The molecule has 0 spiro atoms. The van der Waals surface area contributed by atoms with Gasteiger partial charge in [0, 0.05) is 5.19 Å². The molecule has 4 heteroatoms. The van der Waals surface area contributed by atoms with Gasteiger partial charge < -0.3 is 9.22 Å². The quantitative estimate of drug-likeness (QED) is 0.856. The maximum Gasteiger partial charge on any atom is 0.261 e. The molecule has 0 heterocycles. The molecule has 0 saturated heterocycles. The summed E-state index contributed by atoms with van der Waals surface area (Å²) in [5, 5.41) is 1.76. The van der Waals surface area contributed by atoms with E-state index in [9.17, 15) is 4.80 Å². The van der Waals surface area contributed by atoms with Crippen LogP contribution in [0.2, 0.25) is 24.7 Å². The van der Waals surface area contributed by atoms with Gasteiger partial charge in [0.25, 0.3) is 8.32 Å². The molecular weight excluding hydrogens is 316 g/mol. The maximum atomic E-state index is 11.9. The van der Waals surface area contributed by atoms with E-state index in [1.165, 1.54) is 0 Å². The number of hydrogen-bond donors (Lipinski definition) is 1. The number of rotatable bonds is 4. The summed E-state index contributed by atoms with van der Waals surface area (Å²) >= 11 is 0. The summed E-state index contributed by atoms with van der Waals surface area (Å²) in [4.78, 5) is 11.9. The van der Waals surface area contributed by atoms with Gasteiger partial charge in [0.2, 0.25) is 8.32 Å². The number of para-hydroxylation sites is 1. The molecule has 0 amide bonds. The first-order valence-corrected chi connectivity index (χ1v) is 13.5. The van der Waals surface area contributed by atoms with Gasteiger partial charge >= 0.3 is 0 Å². The molecule has 0 aromatic heterocycles. The Hall–Kier alpha value is -1.37. The topological polar surface area (TPSA) is 29.5 Å². The van der Waals surface area contributed by atoms with Crippen LogP contribution in [0.1, 0.15) is 20.8 Å². The Morgan fingerprint density at radius 1 is 0.826 bits per heavy atom. The number of benzene rings is 2. The summed E-state index contributed by atoms with van der Waals surface area (Å²) in [6.45, 7) is 12.9. The van der Waals surface area contributed by atoms with Crippen molar-refractivity contribution in [3.8, 4) is 5.75 Å². The van der Waals surface area contributed by atoms with Crippen LogP contribution in [0.15, 0.2) is 54.6 Å². The van der Waals surface area contributed by atoms with Gasteiger partial charge in [0.1, 0.15) is 5.75 Å². The first-order chi connectivity index (χ1) is 10.6. The Labute approximate surface area is 142 Å². The molecule has 2 aromatic rings. The van der Waals surface area contributed by atoms with Crippen LogP contribution in [0.25, 0.3) is 0 Å². The van der Waals surface area contributed by atoms with Gasteiger partial charge in [-0.2, -0.15) is 0 Å². The lowest BCUT2D eigenvalue weighted by Crippen LogP contribution is -2.65. The first-order valence-electron chi connectivity index (χ1n) is 8.12. The minimum absolute atomic E-state index is 0.243. The molecule has 2 nitrogen and oxygen atoms in total. The zero-order valence-corrected chi connectivity index (χ0v) is 17.1. The number of hydrogen-bond acceptors (Lipinski definition) is 2. The third-order valence-electron chi connectivity index (χ3n) is 3.97. The highest BCUT2D eigenvalue weighted by atomic mass is 28.4. The lowest BCUT2D eigenvalue weighted by molar-refractivity contribution is 0.499. The molecular formula is C19H28O2Si2. The molecule has 1 N–H and O–H groups in total. The van der Waals surface area contributed by atoms with Crippen LogP contribution in [-0.2, 0) is 0 Å². The van der Waals surface area contributed by atoms with E-state index in [2.05, 4.69) is 40.4 Å². The smallest absolute Gasteiger partial charge is 0.261 e. The van der Waals surface area contributed by atoms with Crippen molar-refractivity contribution in [2.45, 2.75) is 45.5 Å². The summed E-state index contributed by atoms with van der Waals surface area (Å²) in [5.41, 5.74) is 0. The third kappa shape index (κ3) is 3.76. The molecule has 0 aliphatic rings. The van der Waals surface area contributed by atoms with Gasteiger partial charge in [-0.15, -0.1) is 0 Å². The summed E-state index contributed by atoms with van der Waals surface area (Å²) in [7, 11) is -4.71. The molecule has 0 aliphatic heterocycles. The van der Waals surface area contributed by atoms with Crippen LogP contribution in [0, 0.1) is 0 Å². The van der Waals surface area contributed by atoms with E-state index >= 15 is 0 Å². The third-order valence-corrected chi connectivity index (χ3v) is 9.33. The van der Waals surface area contributed by atoms with Crippen molar-refractivity contribution in [2.24, 2.45) is 0 Å². The molecule has 2 aromatic carbocycles. The second-order valence-corrected chi connectivity index (χ2v) is 16.5. The highest BCUT2D eigenvalue weighted by Gasteiger charge is 2.49. The molecule has 0 saturated carbocycles.